The number of likely N-dealkylation sites (tertiary alicyclic amines) is 1. The van der Waals surface area contributed by atoms with Crippen LogP contribution in [0.3, 0.4) is 0 Å². The third kappa shape index (κ3) is 5.05. The molecule has 2 amide bonds. The van der Waals surface area contributed by atoms with Gasteiger partial charge < -0.3 is 25.1 Å². The van der Waals surface area contributed by atoms with Crippen molar-refractivity contribution >= 4 is 11.8 Å². The summed E-state index contributed by atoms with van der Waals surface area (Å²) in [6.07, 6.45) is 16.4. The van der Waals surface area contributed by atoms with Crippen molar-refractivity contribution in [3.63, 3.8) is 0 Å². The van der Waals surface area contributed by atoms with Gasteiger partial charge in [0.1, 0.15) is 0 Å². The van der Waals surface area contributed by atoms with Crippen LogP contribution in [0.2, 0.25) is 0 Å². The van der Waals surface area contributed by atoms with Gasteiger partial charge in [-0.15, -0.1) is 0 Å². The van der Waals surface area contributed by atoms with Gasteiger partial charge in [-0.25, -0.2) is 0 Å². The molecule has 7 nitrogen and oxygen atoms in total. The summed E-state index contributed by atoms with van der Waals surface area (Å²) in [6, 6.07) is 0. The first-order chi connectivity index (χ1) is 18.4. The molecule has 2 N–H and O–H groups in total. The lowest BCUT2D eigenvalue weighted by Gasteiger charge is -2.54. The lowest BCUT2D eigenvalue weighted by atomic mass is 9.65. The summed E-state index contributed by atoms with van der Waals surface area (Å²) >= 11 is 0. The molecule has 6 rings (SSSR count). The van der Waals surface area contributed by atoms with Crippen molar-refractivity contribution in [2.75, 3.05) is 52.4 Å². The van der Waals surface area contributed by atoms with Crippen LogP contribution in [0, 0.1) is 23.2 Å². The van der Waals surface area contributed by atoms with Gasteiger partial charge in [-0.05, 0) is 55.9 Å². The van der Waals surface area contributed by atoms with Crippen LogP contribution in [-0.2, 0) is 9.59 Å². The monoisotopic (exact) mass is 524 g/mol. The molecule has 0 aromatic heterocycles. The van der Waals surface area contributed by atoms with Gasteiger partial charge in [0.05, 0.1) is 11.2 Å². The summed E-state index contributed by atoms with van der Waals surface area (Å²) in [6.45, 7) is 7.94. The molecule has 0 bridgehead atoms. The van der Waals surface area contributed by atoms with Gasteiger partial charge in [-0.1, -0.05) is 45.1 Å². The standard InChI is InChI=1S/C31H48N4O3/c1-23(19-24-5-4-6-24)28(36)35-16-12-31(38,30(21-35)10-2-3-11-30)22-33-15-9-26(25-7-8-25)27(20-33)29(37)34-17-13-32-14-18-34/h9,20,23-25,32,38H,2-8,10-19,21-22H2,1H3/t23-,31+/m1/s1. The lowest BCUT2D eigenvalue weighted by molar-refractivity contribution is -0.163. The summed E-state index contributed by atoms with van der Waals surface area (Å²) in [4.78, 5) is 33.4. The van der Waals surface area contributed by atoms with Crippen LogP contribution in [-0.4, -0.2) is 89.6 Å². The Labute approximate surface area is 228 Å². The van der Waals surface area contributed by atoms with Gasteiger partial charge in [-0.3, -0.25) is 9.59 Å². The highest BCUT2D eigenvalue weighted by atomic mass is 16.3. The number of carbonyl (C=O) groups excluding carboxylic acids is 2. The summed E-state index contributed by atoms with van der Waals surface area (Å²) in [5, 5.41) is 15.7. The molecule has 210 valence electrons. The molecule has 5 fully saturated rings. The van der Waals surface area contributed by atoms with E-state index in [4.69, 9.17) is 0 Å². The van der Waals surface area contributed by atoms with Gasteiger partial charge in [0.25, 0.3) is 5.91 Å². The lowest BCUT2D eigenvalue weighted by Crippen LogP contribution is -2.64. The normalized spacial score (nSPS) is 30.6. The Morgan fingerprint density at radius 1 is 1.03 bits per heavy atom. The molecule has 2 atom stereocenters. The second-order valence-corrected chi connectivity index (χ2v) is 13.4. The Balaban J connectivity index is 1.17. The van der Waals surface area contributed by atoms with E-state index in [0.29, 0.717) is 37.9 Å². The third-order valence-electron chi connectivity index (χ3n) is 10.8. The average molecular weight is 525 g/mol. The summed E-state index contributed by atoms with van der Waals surface area (Å²) in [5.74, 6) is 1.78. The minimum atomic E-state index is -0.845. The number of piperazine rings is 1. The predicted molar refractivity (Wildman–Crippen MR) is 148 cm³/mol. The number of hydrogen-bond acceptors (Lipinski definition) is 5. The Morgan fingerprint density at radius 3 is 2.42 bits per heavy atom. The van der Waals surface area contributed by atoms with Gasteiger partial charge >= 0.3 is 0 Å². The van der Waals surface area contributed by atoms with Crippen molar-refractivity contribution in [3.05, 3.63) is 23.4 Å². The third-order valence-corrected chi connectivity index (χ3v) is 10.8. The molecule has 1 spiro atoms. The zero-order valence-corrected chi connectivity index (χ0v) is 23.4. The SMILES string of the molecule is C[C@H](CC1CCC1)C(=O)N1CC[C@](O)(CN2C=C(C(=O)N3CCNCC3)C(C3CC3)=CC2)C2(CCCC2)C1. The molecule has 3 saturated carbocycles. The number of rotatable bonds is 7. The number of hydrogen-bond donors (Lipinski definition) is 2. The number of carbonyl (C=O) groups is 2. The van der Waals surface area contributed by atoms with Crippen LogP contribution in [0.5, 0.6) is 0 Å². The van der Waals surface area contributed by atoms with E-state index in [9.17, 15) is 14.7 Å². The minimum Gasteiger partial charge on any atom is -0.387 e. The second-order valence-electron chi connectivity index (χ2n) is 13.4. The van der Waals surface area contributed by atoms with E-state index in [1.165, 1.54) is 37.7 Å². The number of nitrogens with one attached hydrogen (secondary N) is 1. The fourth-order valence-electron chi connectivity index (χ4n) is 8.01. The molecule has 3 aliphatic heterocycles. The number of amides is 2. The van der Waals surface area contributed by atoms with E-state index < -0.39 is 5.60 Å². The summed E-state index contributed by atoms with van der Waals surface area (Å²) < 4.78 is 0. The smallest absolute Gasteiger partial charge is 0.255 e. The molecule has 2 saturated heterocycles. The zero-order chi connectivity index (χ0) is 26.3. The molecule has 7 heteroatoms. The Hall–Kier alpha value is -1.86. The maximum atomic E-state index is 13.6. The topological polar surface area (TPSA) is 76.1 Å². The van der Waals surface area contributed by atoms with Gasteiger partial charge in [0, 0.05) is 69.9 Å². The van der Waals surface area contributed by atoms with Crippen LogP contribution in [0.4, 0.5) is 0 Å². The largest absolute Gasteiger partial charge is 0.387 e. The van der Waals surface area contributed by atoms with Crippen molar-refractivity contribution in [3.8, 4) is 0 Å². The molecule has 3 heterocycles. The van der Waals surface area contributed by atoms with E-state index >= 15 is 0 Å². The van der Waals surface area contributed by atoms with Gasteiger partial charge in [0.2, 0.25) is 5.91 Å². The molecular weight excluding hydrogens is 476 g/mol. The highest BCUT2D eigenvalue weighted by Gasteiger charge is 2.56. The van der Waals surface area contributed by atoms with Crippen molar-refractivity contribution in [1.82, 2.24) is 20.0 Å². The minimum absolute atomic E-state index is 0.0829. The molecular formula is C31H48N4O3. The maximum absolute atomic E-state index is 13.6. The Morgan fingerprint density at radius 2 is 1.76 bits per heavy atom. The van der Waals surface area contributed by atoms with Gasteiger partial charge in [0.15, 0.2) is 0 Å². The maximum Gasteiger partial charge on any atom is 0.255 e. The van der Waals surface area contributed by atoms with Crippen molar-refractivity contribution in [2.45, 2.75) is 83.2 Å². The summed E-state index contributed by atoms with van der Waals surface area (Å²) in [7, 11) is 0. The van der Waals surface area contributed by atoms with Crippen molar-refractivity contribution in [2.24, 2.45) is 23.2 Å². The molecule has 0 radical (unpaired) electrons. The molecule has 38 heavy (non-hydrogen) atoms. The highest BCUT2D eigenvalue weighted by Crippen LogP contribution is 2.52. The molecule has 3 aliphatic carbocycles. The average Bonchev–Trinajstić information content (AvgIpc) is 3.65. The van der Waals surface area contributed by atoms with E-state index in [1.54, 1.807) is 0 Å². The molecule has 0 unspecified atom stereocenters. The van der Waals surface area contributed by atoms with E-state index in [0.717, 1.165) is 76.3 Å². The molecule has 0 aromatic rings. The quantitative estimate of drug-likeness (QED) is 0.535. The first-order valence-electron chi connectivity index (χ1n) is 15.5. The highest BCUT2D eigenvalue weighted by molar-refractivity contribution is 5.98. The van der Waals surface area contributed by atoms with Gasteiger partial charge in [-0.2, -0.15) is 0 Å². The van der Waals surface area contributed by atoms with Crippen LogP contribution in [0.15, 0.2) is 23.4 Å². The van der Waals surface area contributed by atoms with Crippen LogP contribution >= 0.6 is 0 Å². The van der Waals surface area contributed by atoms with Crippen molar-refractivity contribution in [1.29, 1.82) is 0 Å². The first kappa shape index (κ1) is 26.4. The number of piperidine rings is 1. The van der Waals surface area contributed by atoms with E-state index in [-0.39, 0.29) is 17.2 Å². The number of β-amino-alcohol motifs (C(OH)–C–C–N with tert-alkyl or cyclic N) is 1. The number of nitrogens with zero attached hydrogens (tertiary/aromatic N) is 3. The van der Waals surface area contributed by atoms with Crippen LogP contribution in [0.25, 0.3) is 0 Å². The van der Waals surface area contributed by atoms with Crippen LogP contribution < -0.4 is 5.32 Å². The Bertz CT molecular complexity index is 972. The number of aliphatic hydroxyl groups is 1. The fourth-order valence-corrected chi connectivity index (χ4v) is 8.01. The molecule has 6 aliphatic rings. The van der Waals surface area contributed by atoms with Crippen LogP contribution in [0.1, 0.15) is 77.6 Å². The molecule has 0 aromatic carbocycles. The second kappa shape index (κ2) is 10.6. The van der Waals surface area contributed by atoms with Crippen molar-refractivity contribution < 1.29 is 14.7 Å². The zero-order valence-electron chi connectivity index (χ0n) is 23.4. The summed E-state index contributed by atoms with van der Waals surface area (Å²) in [5.41, 5.74) is 0.992. The van der Waals surface area contributed by atoms with E-state index in [1.807, 2.05) is 4.90 Å². The fraction of sp³-hybridized carbons (Fsp3) is 0.806. The van der Waals surface area contributed by atoms with E-state index in [2.05, 4.69) is 34.3 Å². The Kier molecular flexibility index (Phi) is 7.36. The predicted octanol–water partition coefficient (Wildman–Crippen LogP) is 3.30. The first-order valence-corrected chi connectivity index (χ1v) is 15.5.